The highest BCUT2D eigenvalue weighted by Gasteiger charge is 2.26. The summed E-state index contributed by atoms with van der Waals surface area (Å²) in [5.41, 5.74) is 1.38. The Bertz CT molecular complexity index is 1660. The van der Waals surface area contributed by atoms with Gasteiger partial charge in [-0.15, -0.1) is 0 Å². The van der Waals surface area contributed by atoms with Gasteiger partial charge < -0.3 is 24.3 Å². The molecule has 0 radical (unpaired) electrons. The van der Waals surface area contributed by atoms with Crippen LogP contribution in [-0.2, 0) is 38.4 Å². The molecule has 2 amide bonds. The van der Waals surface area contributed by atoms with Crippen molar-refractivity contribution in [2.45, 2.75) is 78.6 Å². The first-order valence-electron chi connectivity index (χ1n) is 15.4. The maximum absolute atomic E-state index is 13.7. The van der Waals surface area contributed by atoms with Crippen molar-refractivity contribution in [3.05, 3.63) is 81.9 Å². The zero-order valence-corrected chi connectivity index (χ0v) is 28.1. The number of rotatable bonds is 12. The second-order valence-electron chi connectivity index (χ2n) is 12.9. The molecule has 0 aliphatic carbocycles. The Kier molecular flexibility index (Phi) is 12.1. The van der Waals surface area contributed by atoms with Crippen LogP contribution in [-0.4, -0.2) is 70.8 Å². The van der Waals surface area contributed by atoms with E-state index in [1.165, 1.54) is 22.6 Å². The number of nitrogens with one attached hydrogen (secondary N) is 1. The van der Waals surface area contributed by atoms with Crippen LogP contribution in [0, 0.1) is 5.92 Å². The summed E-state index contributed by atoms with van der Waals surface area (Å²) >= 11 is 0. The summed E-state index contributed by atoms with van der Waals surface area (Å²) in [7, 11) is 4.64. The molecule has 0 aliphatic rings. The molecule has 11 nitrogen and oxygen atoms in total. The van der Waals surface area contributed by atoms with Crippen LogP contribution in [0.2, 0.25) is 0 Å². The number of benzene rings is 1. The minimum Gasteiger partial charge on any atom is -0.443 e. The standard InChI is InChI=1S/C35H46N4O7/c1-23(2)19-24-13-11-14-25-20-27(39(31(24)25)34(44)46-35(3,4)5)22-38-18-12-15-26(32(38)42)21-28(40)29(45-33(43)36-6)16-9-10-17-30(41)37(7)8/h10-15,17-18,20,23,29H,9,16,19,21-22H2,1-8H3,(H,36,43)/b17-10+/t29-/m0/s1. The molecule has 1 atom stereocenters. The third-order valence-electron chi connectivity index (χ3n) is 7.09. The average molecular weight is 635 g/mol. The van der Waals surface area contributed by atoms with Crippen LogP contribution in [0.25, 0.3) is 10.9 Å². The number of carbonyl (C=O) groups excluding carboxylic acids is 4. The van der Waals surface area contributed by atoms with Gasteiger partial charge in [0, 0.05) is 44.7 Å². The van der Waals surface area contributed by atoms with E-state index in [1.54, 1.807) is 63.8 Å². The lowest BCUT2D eigenvalue weighted by Crippen LogP contribution is -2.34. The van der Waals surface area contributed by atoms with Gasteiger partial charge in [0.15, 0.2) is 11.9 Å². The van der Waals surface area contributed by atoms with E-state index in [2.05, 4.69) is 19.2 Å². The molecular formula is C35H46N4O7. The third kappa shape index (κ3) is 9.66. The van der Waals surface area contributed by atoms with Gasteiger partial charge in [-0.25, -0.2) is 14.2 Å². The van der Waals surface area contributed by atoms with Crippen LogP contribution in [0.15, 0.2) is 59.5 Å². The molecule has 3 aromatic rings. The minimum atomic E-state index is -1.12. The fraction of sp³-hybridized carbons (Fsp3) is 0.457. The highest BCUT2D eigenvalue weighted by Crippen LogP contribution is 2.27. The van der Waals surface area contributed by atoms with E-state index in [4.69, 9.17) is 9.47 Å². The normalized spacial score (nSPS) is 12.4. The minimum absolute atomic E-state index is 0.0543. The van der Waals surface area contributed by atoms with Crippen LogP contribution in [0.1, 0.15) is 64.3 Å². The number of para-hydroxylation sites is 1. The Hall–Kier alpha value is -4.67. The summed E-state index contributed by atoms with van der Waals surface area (Å²) in [6, 6.07) is 11.0. The maximum Gasteiger partial charge on any atom is 0.419 e. The highest BCUT2D eigenvalue weighted by atomic mass is 16.6. The van der Waals surface area contributed by atoms with Gasteiger partial charge in [0.1, 0.15) is 5.60 Å². The highest BCUT2D eigenvalue weighted by molar-refractivity contribution is 5.93. The van der Waals surface area contributed by atoms with E-state index in [9.17, 15) is 24.0 Å². The predicted octanol–water partition coefficient (Wildman–Crippen LogP) is 5.09. The van der Waals surface area contributed by atoms with Gasteiger partial charge in [-0.2, -0.15) is 0 Å². The number of nitrogens with zero attached hydrogens (tertiary/aromatic N) is 3. The van der Waals surface area contributed by atoms with Gasteiger partial charge in [0.05, 0.1) is 17.8 Å². The van der Waals surface area contributed by atoms with E-state index in [0.717, 1.165) is 22.9 Å². The average Bonchev–Trinajstić information content (AvgIpc) is 3.34. The molecule has 0 bridgehead atoms. The van der Waals surface area contributed by atoms with Crippen molar-refractivity contribution in [3.63, 3.8) is 0 Å². The summed E-state index contributed by atoms with van der Waals surface area (Å²) in [6.07, 6.45) is 3.10. The summed E-state index contributed by atoms with van der Waals surface area (Å²) in [5.74, 6) is -0.311. The maximum atomic E-state index is 13.7. The Labute approximate surface area is 270 Å². The fourth-order valence-corrected chi connectivity index (χ4v) is 5.00. The van der Waals surface area contributed by atoms with Crippen LogP contribution in [0.5, 0.6) is 0 Å². The lowest BCUT2D eigenvalue weighted by molar-refractivity contribution is -0.127. The second kappa shape index (κ2) is 15.6. The molecule has 0 fully saturated rings. The number of Topliss-reactive ketones (excluding diaryl/α,β-unsaturated/α-hetero) is 1. The van der Waals surface area contributed by atoms with Gasteiger partial charge in [0.2, 0.25) is 5.91 Å². The van der Waals surface area contributed by atoms with Crippen molar-refractivity contribution in [1.29, 1.82) is 0 Å². The number of alkyl carbamates (subject to hydrolysis) is 1. The van der Waals surface area contributed by atoms with Gasteiger partial charge >= 0.3 is 12.2 Å². The number of fused-ring (bicyclic) bond motifs is 1. The lowest BCUT2D eigenvalue weighted by atomic mass is 10.0. The van der Waals surface area contributed by atoms with E-state index in [-0.39, 0.29) is 30.9 Å². The Balaban J connectivity index is 1.94. The quantitative estimate of drug-likeness (QED) is 0.275. The van der Waals surface area contributed by atoms with E-state index in [0.29, 0.717) is 18.0 Å². The third-order valence-corrected chi connectivity index (χ3v) is 7.09. The molecule has 0 saturated carbocycles. The van der Waals surface area contributed by atoms with Crippen molar-refractivity contribution in [2.24, 2.45) is 5.92 Å². The van der Waals surface area contributed by atoms with Gasteiger partial charge in [-0.05, 0) is 69.7 Å². The Morgan fingerprint density at radius 2 is 1.74 bits per heavy atom. The number of carbonyl (C=O) groups is 4. The van der Waals surface area contributed by atoms with E-state index >= 15 is 0 Å². The molecule has 0 spiro atoms. The van der Waals surface area contributed by atoms with Crippen LogP contribution in [0.3, 0.4) is 0 Å². The molecule has 46 heavy (non-hydrogen) atoms. The predicted molar refractivity (Wildman–Crippen MR) is 177 cm³/mol. The smallest absolute Gasteiger partial charge is 0.419 e. The van der Waals surface area contributed by atoms with Crippen molar-refractivity contribution >= 4 is 34.8 Å². The molecule has 1 aromatic carbocycles. The lowest BCUT2D eigenvalue weighted by Gasteiger charge is -2.22. The van der Waals surface area contributed by atoms with Gasteiger partial charge in [0.25, 0.3) is 5.56 Å². The summed E-state index contributed by atoms with van der Waals surface area (Å²) in [4.78, 5) is 65.8. The van der Waals surface area contributed by atoms with Crippen LogP contribution < -0.4 is 10.9 Å². The van der Waals surface area contributed by atoms with Crippen molar-refractivity contribution < 1.29 is 28.7 Å². The van der Waals surface area contributed by atoms with E-state index in [1.807, 2.05) is 24.3 Å². The number of likely N-dealkylation sites (N-methyl/N-ethyl adjacent to an activating group) is 1. The first-order valence-corrected chi connectivity index (χ1v) is 15.4. The summed E-state index contributed by atoms with van der Waals surface area (Å²) in [6.45, 7) is 9.68. The van der Waals surface area contributed by atoms with Crippen molar-refractivity contribution in [1.82, 2.24) is 19.4 Å². The second-order valence-corrected chi connectivity index (χ2v) is 12.9. The fourth-order valence-electron chi connectivity index (χ4n) is 5.00. The molecule has 0 unspecified atom stereocenters. The summed E-state index contributed by atoms with van der Waals surface area (Å²) in [5, 5.41) is 3.20. The number of aromatic nitrogens is 2. The molecule has 11 heteroatoms. The number of allylic oxidation sites excluding steroid dienone is 1. The molecule has 2 aromatic heterocycles. The Morgan fingerprint density at radius 3 is 2.37 bits per heavy atom. The number of ketones is 1. The summed E-state index contributed by atoms with van der Waals surface area (Å²) < 4.78 is 14.1. The number of hydrogen-bond acceptors (Lipinski definition) is 7. The first-order chi connectivity index (χ1) is 21.6. The molecule has 0 aliphatic heterocycles. The van der Waals surface area contributed by atoms with Crippen molar-refractivity contribution in [2.75, 3.05) is 21.1 Å². The monoisotopic (exact) mass is 634 g/mol. The topological polar surface area (TPSA) is 129 Å². The number of ether oxygens (including phenoxy) is 2. The molecule has 1 N–H and O–H groups in total. The number of pyridine rings is 1. The number of hydrogen-bond donors (Lipinski definition) is 1. The molecule has 248 valence electrons. The van der Waals surface area contributed by atoms with Gasteiger partial charge in [-0.1, -0.05) is 44.2 Å². The zero-order valence-electron chi connectivity index (χ0n) is 28.1. The SMILES string of the molecule is CNC(=O)O[C@@H](CC/C=C/C(=O)N(C)C)C(=O)Cc1cccn(Cc2cc3cccc(CC(C)C)c3n2C(=O)OC(C)(C)C)c1=O. The molecular weight excluding hydrogens is 588 g/mol. The Morgan fingerprint density at radius 1 is 1.04 bits per heavy atom. The molecule has 2 heterocycles. The zero-order chi connectivity index (χ0) is 34.2. The van der Waals surface area contributed by atoms with Gasteiger partial charge in [-0.3, -0.25) is 14.4 Å². The number of amides is 2. The van der Waals surface area contributed by atoms with Crippen LogP contribution >= 0.6 is 0 Å². The van der Waals surface area contributed by atoms with E-state index < -0.39 is 35.2 Å². The largest absolute Gasteiger partial charge is 0.443 e. The molecule has 0 saturated heterocycles. The molecule has 3 rings (SSSR count). The van der Waals surface area contributed by atoms with Crippen molar-refractivity contribution in [3.8, 4) is 0 Å². The first kappa shape index (κ1) is 35.8. The van der Waals surface area contributed by atoms with Crippen LogP contribution in [0.4, 0.5) is 9.59 Å².